The molecule has 0 unspecified atom stereocenters. The second-order valence-corrected chi connectivity index (χ2v) is 7.74. The summed E-state index contributed by atoms with van der Waals surface area (Å²) in [5.74, 6) is 1.30. The van der Waals surface area contributed by atoms with Crippen molar-refractivity contribution in [3.63, 3.8) is 0 Å². The number of nitrogens with one attached hydrogen (secondary N) is 1. The number of carbonyl (C=O) groups is 1. The van der Waals surface area contributed by atoms with Crippen molar-refractivity contribution in [2.24, 2.45) is 0 Å². The Labute approximate surface area is 162 Å². The van der Waals surface area contributed by atoms with Crippen LogP contribution in [0.5, 0.6) is 11.5 Å². The SMILES string of the molecule is Cc1nc(NC(=O)c2cncc(Br)c2)sc1Cc1ccc2c(c1)OCO2. The molecule has 1 N–H and O–H groups in total. The summed E-state index contributed by atoms with van der Waals surface area (Å²) in [6.07, 6.45) is 3.87. The first-order valence-corrected chi connectivity index (χ1v) is 9.46. The highest BCUT2D eigenvalue weighted by Crippen LogP contribution is 2.34. The molecule has 0 saturated heterocycles. The monoisotopic (exact) mass is 431 g/mol. The fraction of sp³-hybridized carbons (Fsp3) is 0.167. The molecular weight excluding hydrogens is 418 g/mol. The Balaban J connectivity index is 1.49. The van der Waals surface area contributed by atoms with Crippen LogP contribution >= 0.6 is 27.3 Å². The lowest BCUT2D eigenvalue weighted by Crippen LogP contribution is -2.11. The van der Waals surface area contributed by atoms with Gasteiger partial charge in [-0.3, -0.25) is 15.1 Å². The Morgan fingerprint density at radius 2 is 2.12 bits per heavy atom. The zero-order valence-electron chi connectivity index (χ0n) is 13.8. The molecule has 0 fully saturated rings. The van der Waals surface area contributed by atoms with Crippen molar-refractivity contribution in [3.05, 3.63) is 62.8 Å². The number of ether oxygens (including phenoxy) is 2. The van der Waals surface area contributed by atoms with Crippen LogP contribution in [0.4, 0.5) is 5.13 Å². The number of hydrogen-bond acceptors (Lipinski definition) is 6. The summed E-state index contributed by atoms with van der Waals surface area (Å²) < 4.78 is 11.5. The summed E-state index contributed by atoms with van der Waals surface area (Å²) in [6.45, 7) is 2.20. The first-order chi connectivity index (χ1) is 12.6. The van der Waals surface area contributed by atoms with Crippen molar-refractivity contribution < 1.29 is 14.3 Å². The number of amides is 1. The average Bonchev–Trinajstić information content (AvgIpc) is 3.21. The van der Waals surface area contributed by atoms with Crippen LogP contribution in [-0.4, -0.2) is 22.7 Å². The Morgan fingerprint density at radius 1 is 1.27 bits per heavy atom. The van der Waals surface area contributed by atoms with Gasteiger partial charge in [0.15, 0.2) is 16.6 Å². The third-order valence-corrected chi connectivity index (χ3v) is 5.39. The molecule has 3 heterocycles. The number of thiazole rings is 1. The van der Waals surface area contributed by atoms with Gasteiger partial charge in [0, 0.05) is 28.2 Å². The van der Waals surface area contributed by atoms with Gasteiger partial charge in [-0.25, -0.2) is 4.98 Å². The van der Waals surface area contributed by atoms with Crippen LogP contribution in [0.15, 0.2) is 41.1 Å². The maximum absolute atomic E-state index is 12.3. The highest BCUT2D eigenvalue weighted by molar-refractivity contribution is 9.10. The molecule has 0 saturated carbocycles. The van der Waals surface area contributed by atoms with Crippen molar-refractivity contribution in [1.82, 2.24) is 9.97 Å². The van der Waals surface area contributed by atoms with E-state index in [9.17, 15) is 4.79 Å². The van der Waals surface area contributed by atoms with E-state index in [1.165, 1.54) is 17.5 Å². The smallest absolute Gasteiger partial charge is 0.259 e. The van der Waals surface area contributed by atoms with Crippen LogP contribution in [0.25, 0.3) is 0 Å². The summed E-state index contributed by atoms with van der Waals surface area (Å²) in [6, 6.07) is 7.62. The summed E-state index contributed by atoms with van der Waals surface area (Å²) in [7, 11) is 0. The number of rotatable bonds is 4. The van der Waals surface area contributed by atoms with Gasteiger partial charge in [-0.05, 0) is 46.6 Å². The van der Waals surface area contributed by atoms with Gasteiger partial charge in [0.25, 0.3) is 5.91 Å². The minimum absolute atomic E-state index is 0.234. The second-order valence-electron chi connectivity index (χ2n) is 5.74. The predicted molar refractivity (Wildman–Crippen MR) is 102 cm³/mol. The normalized spacial score (nSPS) is 12.2. The van der Waals surface area contributed by atoms with Gasteiger partial charge in [-0.15, -0.1) is 11.3 Å². The van der Waals surface area contributed by atoms with Crippen LogP contribution < -0.4 is 14.8 Å². The summed E-state index contributed by atoms with van der Waals surface area (Å²) in [5.41, 5.74) is 2.48. The van der Waals surface area contributed by atoms with Gasteiger partial charge in [0.1, 0.15) is 0 Å². The quantitative estimate of drug-likeness (QED) is 0.670. The maximum atomic E-state index is 12.3. The molecule has 1 amide bonds. The highest BCUT2D eigenvalue weighted by atomic mass is 79.9. The number of nitrogens with zero attached hydrogens (tertiary/aromatic N) is 2. The number of anilines is 1. The van der Waals surface area contributed by atoms with Gasteiger partial charge in [0.05, 0.1) is 11.3 Å². The number of fused-ring (bicyclic) bond motifs is 1. The molecule has 0 aliphatic carbocycles. The largest absolute Gasteiger partial charge is 0.454 e. The molecular formula is C18H14BrN3O3S. The number of halogens is 1. The molecule has 0 bridgehead atoms. The Kier molecular flexibility index (Phi) is 4.60. The lowest BCUT2D eigenvalue weighted by molar-refractivity contribution is 0.102. The predicted octanol–water partition coefficient (Wildman–Crippen LogP) is 4.18. The molecule has 4 rings (SSSR count). The zero-order valence-corrected chi connectivity index (χ0v) is 16.2. The molecule has 0 spiro atoms. The summed E-state index contributed by atoms with van der Waals surface area (Å²) in [5, 5.41) is 3.41. The van der Waals surface area contributed by atoms with Crippen molar-refractivity contribution in [2.75, 3.05) is 12.1 Å². The third-order valence-electron chi connectivity index (χ3n) is 3.88. The standard InChI is InChI=1S/C18H14BrN3O3S/c1-10-16(5-11-2-3-14-15(4-11)25-9-24-14)26-18(21-10)22-17(23)12-6-13(19)8-20-7-12/h2-4,6-8H,5,9H2,1H3,(H,21,22,23). The van der Waals surface area contributed by atoms with Crippen molar-refractivity contribution >= 4 is 38.3 Å². The van der Waals surface area contributed by atoms with Gasteiger partial charge < -0.3 is 9.47 Å². The van der Waals surface area contributed by atoms with Crippen LogP contribution in [-0.2, 0) is 6.42 Å². The van der Waals surface area contributed by atoms with E-state index in [2.05, 4.69) is 31.2 Å². The molecule has 2 aromatic heterocycles. The van der Waals surface area contributed by atoms with E-state index in [-0.39, 0.29) is 12.7 Å². The Bertz CT molecular complexity index is 990. The van der Waals surface area contributed by atoms with Crippen LogP contribution in [0, 0.1) is 6.92 Å². The number of carbonyl (C=O) groups excluding carboxylic acids is 1. The van der Waals surface area contributed by atoms with E-state index in [4.69, 9.17) is 9.47 Å². The summed E-state index contributed by atoms with van der Waals surface area (Å²) >= 11 is 4.78. The Morgan fingerprint density at radius 3 is 2.96 bits per heavy atom. The van der Waals surface area contributed by atoms with Gasteiger partial charge in [-0.1, -0.05) is 6.07 Å². The molecule has 132 valence electrons. The first-order valence-electron chi connectivity index (χ1n) is 7.85. The average molecular weight is 432 g/mol. The molecule has 3 aromatic rings. The fourth-order valence-electron chi connectivity index (χ4n) is 2.59. The highest BCUT2D eigenvalue weighted by Gasteiger charge is 2.16. The third kappa shape index (κ3) is 3.56. The lowest BCUT2D eigenvalue weighted by Gasteiger charge is -2.02. The van der Waals surface area contributed by atoms with Crippen molar-refractivity contribution in [2.45, 2.75) is 13.3 Å². The maximum Gasteiger partial charge on any atom is 0.259 e. The first kappa shape index (κ1) is 17.0. The van der Waals surface area contributed by atoms with Crippen molar-refractivity contribution in [1.29, 1.82) is 0 Å². The van der Waals surface area contributed by atoms with E-state index in [0.29, 0.717) is 17.1 Å². The summed E-state index contributed by atoms with van der Waals surface area (Å²) in [4.78, 5) is 21.9. The molecule has 6 nitrogen and oxygen atoms in total. The van der Waals surface area contributed by atoms with Crippen LogP contribution in [0.1, 0.15) is 26.5 Å². The number of aryl methyl sites for hydroxylation is 1. The molecule has 26 heavy (non-hydrogen) atoms. The van der Waals surface area contributed by atoms with E-state index in [1.54, 1.807) is 12.3 Å². The molecule has 8 heteroatoms. The van der Waals surface area contributed by atoms with Gasteiger partial charge in [0.2, 0.25) is 6.79 Å². The second kappa shape index (κ2) is 7.05. The lowest BCUT2D eigenvalue weighted by atomic mass is 10.1. The number of hydrogen-bond donors (Lipinski definition) is 1. The van der Waals surface area contributed by atoms with Crippen LogP contribution in [0.2, 0.25) is 0 Å². The molecule has 1 aliphatic rings. The van der Waals surface area contributed by atoms with E-state index in [1.807, 2.05) is 25.1 Å². The zero-order chi connectivity index (χ0) is 18.1. The molecule has 1 aliphatic heterocycles. The van der Waals surface area contributed by atoms with E-state index >= 15 is 0 Å². The minimum Gasteiger partial charge on any atom is -0.454 e. The number of aromatic nitrogens is 2. The number of pyridine rings is 1. The number of benzene rings is 1. The van der Waals surface area contributed by atoms with Crippen molar-refractivity contribution in [3.8, 4) is 11.5 Å². The minimum atomic E-state index is -0.234. The van der Waals surface area contributed by atoms with Gasteiger partial charge >= 0.3 is 0 Å². The van der Waals surface area contributed by atoms with E-state index in [0.717, 1.165) is 32.1 Å². The fourth-order valence-corrected chi connectivity index (χ4v) is 3.94. The Hall–Kier alpha value is -2.45. The topological polar surface area (TPSA) is 73.3 Å². The van der Waals surface area contributed by atoms with E-state index < -0.39 is 0 Å². The molecule has 1 aromatic carbocycles. The van der Waals surface area contributed by atoms with Crippen LogP contribution in [0.3, 0.4) is 0 Å². The molecule has 0 radical (unpaired) electrons. The molecule has 0 atom stereocenters. The van der Waals surface area contributed by atoms with Gasteiger partial charge in [-0.2, -0.15) is 0 Å².